The molecule has 1 aromatic carbocycles. The van der Waals surface area contributed by atoms with E-state index in [2.05, 4.69) is 10.2 Å². The van der Waals surface area contributed by atoms with E-state index in [4.69, 9.17) is 0 Å². The Morgan fingerprint density at radius 3 is 3.00 bits per heavy atom. The van der Waals surface area contributed by atoms with Crippen molar-refractivity contribution < 1.29 is 5.11 Å². The van der Waals surface area contributed by atoms with Crippen LogP contribution in [0.25, 0.3) is 0 Å². The summed E-state index contributed by atoms with van der Waals surface area (Å²) in [5.41, 5.74) is 2.32. The zero-order chi connectivity index (χ0) is 9.54. The van der Waals surface area contributed by atoms with Crippen molar-refractivity contribution in [3.63, 3.8) is 0 Å². The van der Waals surface area contributed by atoms with Crippen LogP contribution in [0.2, 0.25) is 0 Å². The molecular weight excluding hydrogens is 176 g/mol. The maximum absolute atomic E-state index is 9.45. The van der Waals surface area contributed by atoms with Gasteiger partial charge in [-0.05, 0) is 25.0 Å². The van der Waals surface area contributed by atoms with Crippen molar-refractivity contribution in [2.75, 3.05) is 23.3 Å². The molecule has 0 bridgehead atoms. The lowest BCUT2D eigenvalue weighted by Gasteiger charge is -2.32. The largest absolute Gasteiger partial charge is 0.508 e. The molecule has 74 valence electrons. The second-order valence-electron chi connectivity index (χ2n) is 4.05. The molecule has 1 heterocycles. The molecule has 0 unspecified atom stereocenters. The highest BCUT2D eigenvalue weighted by molar-refractivity contribution is 5.74. The van der Waals surface area contributed by atoms with E-state index >= 15 is 0 Å². The van der Waals surface area contributed by atoms with Gasteiger partial charge >= 0.3 is 0 Å². The van der Waals surface area contributed by atoms with Gasteiger partial charge in [-0.1, -0.05) is 0 Å². The van der Waals surface area contributed by atoms with E-state index in [-0.39, 0.29) is 0 Å². The van der Waals surface area contributed by atoms with Crippen LogP contribution < -0.4 is 10.2 Å². The average Bonchev–Trinajstić information content (AvgIpc) is 3.00. The summed E-state index contributed by atoms with van der Waals surface area (Å²) in [4.78, 5) is 2.41. The molecule has 0 atom stereocenters. The molecule has 2 N–H and O–H groups in total. The quantitative estimate of drug-likeness (QED) is 0.663. The highest BCUT2D eigenvalue weighted by Crippen LogP contribution is 2.39. The molecule has 1 aromatic rings. The van der Waals surface area contributed by atoms with E-state index in [1.165, 1.54) is 18.5 Å². The van der Waals surface area contributed by atoms with E-state index in [1.54, 1.807) is 6.07 Å². The van der Waals surface area contributed by atoms with Gasteiger partial charge in [0.2, 0.25) is 0 Å². The number of nitrogens with one attached hydrogen (secondary N) is 1. The Kier molecular flexibility index (Phi) is 1.60. The van der Waals surface area contributed by atoms with Crippen molar-refractivity contribution in [3.8, 4) is 5.75 Å². The van der Waals surface area contributed by atoms with E-state index in [0.717, 1.165) is 24.8 Å². The minimum Gasteiger partial charge on any atom is -0.508 e. The number of rotatable bonds is 1. The number of phenols is 1. The maximum atomic E-state index is 9.45. The Bertz CT molecular complexity index is 360. The predicted molar refractivity (Wildman–Crippen MR) is 57.0 cm³/mol. The Labute approximate surface area is 83.3 Å². The predicted octanol–water partition coefficient (Wildman–Crippen LogP) is 1.79. The number of fused-ring (bicyclic) bond motifs is 1. The lowest BCUT2D eigenvalue weighted by atomic mass is 10.2. The van der Waals surface area contributed by atoms with Gasteiger partial charge in [-0.25, -0.2) is 0 Å². The Morgan fingerprint density at radius 2 is 2.21 bits per heavy atom. The summed E-state index contributed by atoms with van der Waals surface area (Å²) in [7, 11) is 0. The standard InChI is InChI=1S/C11H14N2O/c14-9-3-4-10-11(7-9)13(6-5-12-10)8-1-2-8/h3-4,7-8,12,14H,1-2,5-6H2. The third-order valence-electron chi connectivity index (χ3n) is 2.95. The fourth-order valence-electron chi connectivity index (χ4n) is 2.10. The van der Waals surface area contributed by atoms with Gasteiger partial charge in [-0.3, -0.25) is 0 Å². The molecule has 0 radical (unpaired) electrons. The summed E-state index contributed by atoms with van der Waals surface area (Å²) in [6.45, 7) is 2.06. The average molecular weight is 190 g/mol. The Morgan fingerprint density at radius 1 is 1.36 bits per heavy atom. The number of phenolic OH excluding ortho intramolecular Hbond substituents is 1. The fourth-order valence-corrected chi connectivity index (χ4v) is 2.10. The van der Waals surface area contributed by atoms with Crippen LogP contribution in [0.3, 0.4) is 0 Å². The third-order valence-corrected chi connectivity index (χ3v) is 2.95. The first-order chi connectivity index (χ1) is 6.84. The molecule has 0 spiro atoms. The molecule has 2 aliphatic rings. The van der Waals surface area contributed by atoms with Crippen LogP contribution in [0, 0.1) is 0 Å². The normalized spacial score (nSPS) is 20.1. The first-order valence-electron chi connectivity index (χ1n) is 5.18. The number of benzene rings is 1. The summed E-state index contributed by atoms with van der Waals surface area (Å²) >= 11 is 0. The summed E-state index contributed by atoms with van der Waals surface area (Å²) in [6.07, 6.45) is 2.60. The molecule has 0 saturated heterocycles. The molecule has 0 amide bonds. The Balaban J connectivity index is 2.02. The monoisotopic (exact) mass is 190 g/mol. The molecule has 1 aliphatic heterocycles. The topological polar surface area (TPSA) is 35.5 Å². The number of hydrogen-bond acceptors (Lipinski definition) is 3. The van der Waals surface area contributed by atoms with Gasteiger partial charge in [0.05, 0.1) is 11.4 Å². The molecule has 1 aliphatic carbocycles. The molecule has 14 heavy (non-hydrogen) atoms. The maximum Gasteiger partial charge on any atom is 0.117 e. The summed E-state index contributed by atoms with van der Waals surface area (Å²) < 4.78 is 0. The van der Waals surface area contributed by atoms with Crippen LogP contribution in [0.4, 0.5) is 11.4 Å². The van der Waals surface area contributed by atoms with Crippen LogP contribution in [-0.4, -0.2) is 24.2 Å². The molecular formula is C11H14N2O. The zero-order valence-corrected chi connectivity index (χ0v) is 8.03. The minimum atomic E-state index is 0.359. The lowest BCUT2D eigenvalue weighted by molar-refractivity contribution is 0.475. The van der Waals surface area contributed by atoms with Crippen molar-refractivity contribution in [2.45, 2.75) is 18.9 Å². The smallest absolute Gasteiger partial charge is 0.117 e. The molecule has 3 nitrogen and oxygen atoms in total. The van der Waals surface area contributed by atoms with Gasteiger partial charge in [0.25, 0.3) is 0 Å². The molecule has 1 fully saturated rings. The second-order valence-corrected chi connectivity index (χ2v) is 4.05. The van der Waals surface area contributed by atoms with Crippen molar-refractivity contribution >= 4 is 11.4 Å². The van der Waals surface area contributed by atoms with Crippen molar-refractivity contribution in [3.05, 3.63) is 18.2 Å². The first kappa shape index (κ1) is 7.97. The Hall–Kier alpha value is -1.38. The summed E-state index contributed by atoms with van der Waals surface area (Å²) in [6, 6.07) is 6.28. The van der Waals surface area contributed by atoms with Gasteiger partial charge in [-0.15, -0.1) is 0 Å². The van der Waals surface area contributed by atoms with Crippen LogP contribution in [-0.2, 0) is 0 Å². The van der Waals surface area contributed by atoms with Gasteiger partial charge in [0.15, 0.2) is 0 Å². The number of hydrogen-bond donors (Lipinski definition) is 2. The second kappa shape index (κ2) is 2.80. The molecule has 1 saturated carbocycles. The van der Waals surface area contributed by atoms with E-state index in [9.17, 15) is 5.11 Å². The molecule has 3 heteroatoms. The van der Waals surface area contributed by atoms with Crippen molar-refractivity contribution in [1.29, 1.82) is 0 Å². The van der Waals surface area contributed by atoms with E-state index < -0.39 is 0 Å². The van der Waals surface area contributed by atoms with Crippen LogP contribution >= 0.6 is 0 Å². The van der Waals surface area contributed by atoms with Gasteiger partial charge in [0.1, 0.15) is 5.75 Å². The van der Waals surface area contributed by atoms with Gasteiger partial charge in [0, 0.05) is 25.2 Å². The minimum absolute atomic E-state index is 0.359. The summed E-state index contributed by atoms with van der Waals surface area (Å²) in [5.74, 6) is 0.359. The zero-order valence-electron chi connectivity index (χ0n) is 8.03. The van der Waals surface area contributed by atoms with Gasteiger partial charge < -0.3 is 15.3 Å². The lowest BCUT2D eigenvalue weighted by Crippen LogP contribution is -2.35. The molecule has 0 aromatic heterocycles. The van der Waals surface area contributed by atoms with E-state index in [0.29, 0.717) is 5.75 Å². The van der Waals surface area contributed by atoms with Gasteiger partial charge in [-0.2, -0.15) is 0 Å². The third kappa shape index (κ3) is 1.20. The van der Waals surface area contributed by atoms with Crippen LogP contribution in [0.5, 0.6) is 5.75 Å². The summed E-state index contributed by atoms with van der Waals surface area (Å²) in [5, 5.41) is 12.8. The van der Waals surface area contributed by atoms with E-state index in [1.807, 2.05) is 12.1 Å². The number of aromatic hydroxyl groups is 1. The van der Waals surface area contributed by atoms with Crippen LogP contribution in [0.1, 0.15) is 12.8 Å². The number of nitrogens with zero attached hydrogens (tertiary/aromatic N) is 1. The van der Waals surface area contributed by atoms with Crippen LogP contribution in [0.15, 0.2) is 18.2 Å². The number of anilines is 2. The highest BCUT2D eigenvalue weighted by Gasteiger charge is 2.31. The molecule has 3 rings (SSSR count). The van der Waals surface area contributed by atoms with Crippen molar-refractivity contribution in [1.82, 2.24) is 0 Å². The van der Waals surface area contributed by atoms with Crippen molar-refractivity contribution in [2.24, 2.45) is 0 Å². The fraction of sp³-hybridized carbons (Fsp3) is 0.455. The SMILES string of the molecule is Oc1ccc2c(c1)N(C1CC1)CCN2. The first-order valence-corrected chi connectivity index (χ1v) is 5.18. The highest BCUT2D eigenvalue weighted by atomic mass is 16.3.